The van der Waals surface area contributed by atoms with E-state index in [2.05, 4.69) is 10.3 Å². The third kappa shape index (κ3) is 2.87. The zero-order chi connectivity index (χ0) is 14.0. The zero-order valence-corrected chi connectivity index (χ0v) is 11.4. The number of imide groups is 1. The minimum atomic E-state index is -0.845. The molecule has 7 heteroatoms. The number of para-hydroxylation sites is 2. The number of aryl methyl sites for hydroxylation is 1. The number of nitrogens with two attached hydrogens (primary N) is 1. The summed E-state index contributed by atoms with van der Waals surface area (Å²) in [6.07, 6.45) is 0. The van der Waals surface area contributed by atoms with Gasteiger partial charge >= 0.3 is 6.03 Å². The second kappa shape index (κ2) is 5.31. The number of nitrogens with zero attached hydrogens (tertiary/aromatic N) is 2. The fourth-order valence-corrected chi connectivity index (χ4v) is 2.55. The van der Waals surface area contributed by atoms with E-state index in [9.17, 15) is 9.59 Å². The first kappa shape index (κ1) is 13.4. The molecule has 0 aliphatic carbocycles. The van der Waals surface area contributed by atoms with Crippen LogP contribution >= 0.6 is 11.8 Å². The Morgan fingerprint density at radius 3 is 2.74 bits per heavy atom. The zero-order valence-electron chi connectivity index (χ0n) is 10.6. The smallest absolute Gasteiger partial charge is 0.318 e. The average Bonchev–Trinajstić information content (AvgIpc) is 2.66. The number of hydrogen-bond donors (Lipinski definition) is 2. The Morgan fingerprint density at radius 1 is 1.42 bits per heavy atom. The number of urea groups is 1. The van der Waals surface area contributed by atoms with E-state index in [1.165, 1.54) is 11.8 Å². The summed E-state index contributed by atoms with van der Waals surface area (Å²) in [5.41, 5.74) is 6.78. The van der Waals surface area contributed by atoms with E-state index in [1.807, 2.05) is 35.9 Å². The molecule has 100 valence electrons. The van der Waals surface area contributed by atoms with Gasteiger partial charge in [0.1, 0.15) is 0 Å². The highest BCUT2D eigenvalue weighted by atomic mass is 32.2. The normalized spacial score (nSPS) is 12.3. The second-order valence-corrected chi connectivity index (χ2v) is 5.36. The summed E-state index contributed by atoms with van der Waals surface area (Å²) in [6, 6.07) is 6.87. The van der Waals surface area contributed by atoms with Crippen molar-refractivity contribution in [2.24, 2.45) is 12.8 Å². The number of fused-ring (bicyclic) bond motifs is 1. The van der Waals surface area contributed by atoms with Crippen LogP contribution in [0.3, 0.4) is 0 Å². The molecular formula is C12H14N4O2S. The van der Waals surface area contributed by atoms with Crippen LogP contribution in [0, 0.1) is 0 Å². The van der Waals surface area contributed by atoms with E-state index in [0.29, 0.717) is 5.16 Å². The summed E-state index contributed by atoms with van der Waals surface area (Å²) in [7, 11) is 1.89. The van der Waals surface area contributed by atoms with Crippen molar-refractivity contribution in [1.82, 2.24) is 14.9 Å². The Labute approximate surface area is 114 Å². The minimum Gasteiger partial charge on any atom is -0.351 e. The van der Waals surface area contributed by atoms with Crippen molar-refractivity contribution in [2.75, 3.05) is 0 Å². The molecule has 0 aliphatic heterocycles. The molecule has 0 fully saturated rings. The van der Waals surface area contributed by atoms with Gasteiger partial charge in [-0.25, -0.2) is 9.78 Å². The highest BCUT2D eigenvalue weighted by molar-refractivity contribution is 8.00. The Kier molecular flexibility index (Phi) is 3.75. The SMILES string of the molecule is C[C@H](Sc1nc2ccccc2n1C)C(=O)NC(N)=O. The fraction of sp³-hybridized carbons (Fsp3) is 0.250. The first-order valence-corrected chi connectivity index (χ1v) is 6.55. The summed E-state index contributed by atoms with van der Waals surface area (Å²) in [5, 5.41) is 2.32. The third-order valence-corrected chi connectivity index (χ3v) is 3.79. The van der Waals surface area contributed by atoms with Crippen molar-refractivity contribution >= 4 is 34.7 Å². The van der Waals surface area contributed by atoms with Crippen LogP contribution in [0.5, 0.6) is 0 Å². The lowest BCUT2D eigenvalue weighted by atomic mass is 10.3. The molecule has 2 rings (SSSR count). The largest absolute Gasteiger partial charge is 0.351 e. The monoisotopic (exact) mass is 278 g/mol. The molecule has 6 nitrogen and oxygen atoms in total. The molecule has 3 N–H and O–H groups in total. The number of hydrogen-bond acceptors (Lipinski definition) is 4. The maximum Gasteiger partial charge on any atom is 0.318 e. The molecule has 1 heterocycles. The lowest BCUT2D eigenvalue weighted by Crippen LogP contribution is -2.39. The van der Waals surface area contributed by atoms with E-state index in [0.717, 1.165) is 11.0 Å². The number of aromatic nitrogens is 2. The van der Waals surface area contributed by atoms with Crippen molar-refractivity contribution in [2.45, 2.75) is 17.3 Å². The van der Waals surface area contributed by atoms with Gasteiger partial charge in [0.05, 0.1) is 16.3 Å². The predicted octanol–water partition coefficient (Wildman–Crippen LogP) is 1.25. The Bertz CT molecular complexity index is 638. The number of thioether (sulfide) groups is 1. The van der Waals surface area contributed by atoms with Gasteiger partial charge in [-0.2, -0.15) is 0 Å². The molecule has 0 saturated heterocycles. The van der Waals surface area contributed by atoms with Gasteiger partial charge in [-0.1, -0.05) is 23.9 Å². The second-order valence-electron chi connectivity index (χ2n) is 4.06. The van der Waals surface area contributed by atoms with Crippen LogP contribution in [0.25, 0.3) is 11.0 Å². The molecule has 0 saturated carbocycles. The molecule has 1 aromatic heterocycles. The molecule has 2 aromatic rings. The van der Waals surface area contributed by atoms with Crippen molar-refractivity contribution in [1.29, 1.82) is 0 Å². The maximum absolute atomic E-state index is 11.6. The number of amides is 3. The van der Waals surface area contributed by atoms with E-state index < -0.39 is 17.2 Å². The molecule has 1 atom stereocenters. The van der Waals surface area contributed by atoms with Crippen molar-refractivity contribution < 1.29 is 9.59 Å². The summed E-state index contributed by atoms with van der Waals surface area (Å²) in [6.45, 7) is 1.70. The van der Waals surface area contributed by atoms with Crippen LogP contribution in [-0.2, 0) is 11.8 Å². The number of primary amides is 1. The standard InChI is InChI=1S/C12H14N4O2S/c1-7(10(17)15-11(13)18)19-12-14-8-5-3-4-6-9(8)16(12)2/h3-7H,1-2H3,(H3,13,15,17,18)/t7-/m0/s1. The van der Waals surface area contributed by atoms with E-state index in [1.54, 1.807) is 6.92 Å². The molecule has 1 aromatic carbocycles. The molecule has 0 unspecified atom stereocenters. The Balaban J connectivity index is 2.19. The fourth-order valence-electron chi connectivity index (χ4n) is 1.66. The Hall–Kier alpha value is -2.02. The van der Waals surface area contributed by atoms with Crippen LogP contribution in [0.15, 0.2) is 29.4 Å². The van der Waals surface area contributed by atoms with E-state index in [-0.39, 0.29) is 0 Å². The number of carbonyl (C=O) groups is 2. The topological polar surface area (TPSA) is 90.0 Å². The third-order valence-electron chi connectivity index (χ3n) is 2.64. The van der Waals surface area contributed by atoms with Gasteiger partial charge < -0.3 is 10.3 Å². The molecule has 0 bridgehead atoms. The lowest BCUT2D eigenvalue weighted by molar-refractivity contribution is -0.119. The number of benzene rings is 1. The number of imidazole rings is 1. The number of rotatable bonds is 3. The highest BCUT2D eigenvalue weighted by Gasteiger charge is 2.19. The van der Waals surface area contributed by atoms with Crippen LogP contribution in [-0.4, -0.2) is 26.7 Å². The quantitative estimate of drug-likeness (QED) is 0.827. The molecular weight excluding hydrogens is 264 g/mol. The van der Waals surface area contributed by atoms with Gasteiger partial charge in [0, 0.05) is 7.05 Å². The Morgan fingerprint density at radius 2 is 2.11 bits per heavy atom. The molecule has 19 heavy (non-hydrogen) atoms. The van der Waals surface area contributed by atoms with E-state index >= 15 is 0 Å². The van der Waals surface area contributed by atoms with Gasteiger partial charge in [-0.05, 0) is 19.1 Å². The minimum absolute atomic E-state index is 0.426. The summed E-state index contributed by atoms with van der Waals surface area (Å²) >= 11 is 1.28. The van der Waals surface area contributed by atoms with E-state index in [4.69, 9.17) is 5.73 Å². The van der Waals surface area contributed by atoms with Gasteiger partial charge in [-0.15, -0.1) is 0 Å². The van der Waals surface area contributed by atoms with Crippen molar-refractivity contribution in [3.05, 3.63) is 24.3 Å². The predicted molar refractivity (Wildman–Crippen MR) is 73.8 cm³/mol. The van der Waals surface area contributed by atoms with Crippen LogP contribution < -0.4 is 11.1 Å². The van der Waals surface area contributed by atoms with Gasteiger partial charge in [0.2, 0.25) is 5.91 Å². The van der Waals surface area contributed by atoms with Crippen LogP contribution in [0.1, 0.15) is 6.92 Å². The summed E-state index contributed by atoms with van der Waals surface area (Å²) in [4.78, 5) is 26.7. The van der Waals surface area contributed by atoms with Crippen molar-refractivity contribution in [3.8, 4) is 0 Å². The maximum atomic E-state index is 11.6. The molecule has 0 spiro atoms. The molecule has 0 aliphatic rings. The summed E-state index contributed by atoms with van der Waals surface area (Å²) in [5.74, 6) is -0.426. The molecule has 0 radical (unpaired) electrons. The number of nitrogens with one attached hydrogen (secondary N) is 1. The van der Waals surface area contributed by atoms with Gasteiger partial charge in [-0.3, -0.25) is 10.1 Å². The average molecular weight is 278 g/mol. The van der Waals surface area contributed by atoms with Crippen LogP contribution in [0.4, 0.5) is 4.79 Å². The van der Waals surface area contributed by atoms with Gasteiger partial charge in [0.15, 0.2) is 5.16 Å². The van der Waals surface area contributed by atoms with Crippen LogP contribution in [0.2, 0.25) is 0 Å². The van der Waals surface area contributed by atoms with Crippen molar-refractivity contribution in [3.63, 3.8) is 0 Å². The number of carbonyl (C=O) groups excluding carboxylic acids is 2. The first-order valence-electron chi connectivity index (χ1n) is 5.67. The summed E-state index contributed by atoms with van der Waals surface area (Å²) < 4.78 is 1.91. The molecule has 3 amide bonds. The first-order chi connectivity index (χ1) is 8.99. The van der Waals surface area contributed by atoms with Gasteiger partial charge in [0.25, 0.3) is 0 Å². The lowest BCUT2D eigenvalue weighted by Gasteiger charge is -2.09. The highest BCUT2D eigenvalue weighted by Crippen LogP contribution is 2.25.